The van der Waals surface area contributed by atoms with Gasteiger partial charge in [-0.05, 0) is 10.6 Å². The smallest absolute Gasteiger partial charge is 0.225 e. The second kappa shape index (κ2) is 5.51. The molecule has 2 aromatic carbocycles. The first-order valence-corrected chi connectivity index (χ1v) is 6.56. The van der Waals surface area contributed by atoms with Gasteiger partial charge in [-0.2, -0.15) is 0 Å². The van der Waals surface area contributed by atoms with Crippen molar-refractivity contribution in [2.75, 3.05) is 0 Å². The molecule has 0 unspecified atom stereocenters. The van der Waals surface area contributed by atoms with Crippen LogP contribution in [0.25, 0.3) is 0 Å². The molecule has 0 aliphatic heterocycles. The van der Waals surface area contributed by atoms with Crippen LogP contribution >= 0.6 is 7.92 Å². The largest absolute Gasteiger partial charge is 0.294 e. The normalized spacial score (nSPS) is 10.2. The molecule has 0 aliphatic rings. The minimum atomic E-state index is -1.22. The molecule has 0 spiro atoms. The van der Waals surface area contributed by atoms with E-state index in [0.717, 1.165) is 10.6 Å². The van der Waals surface area contributed by atoms with Crippen LogP contribution in [0.2, 0.25) is 0 Å². The van der Waals surface area contributed by atoms with E-state index >= 15 is 0 Å². The summed E-state index contributed by atoms with van der Waals surface area (Å²) >= 11 is 0. The highest BCUT2D eigenvalue weighted by Crippen LogP contribution is 2.33. The highest BCUT2D eigenvalue weighted by molar-refractivity contribution is 7.89. The van der Waals surface area contributed by atoms with Gasteiger partial charge in [0, 0.05) is 7.92 Å². The molecule has 2 nitrogen and oxygen atoms in total. The molecule has 2 rings (SSSR count). The van der Waals surface area contributed by atoms with E-state index in [9.17, 15) is 9.59 Å². The van der Waals surface area contributed by atoms with E-state index in [1.54, 1.807) is 0 Å². The van der Waals surface area contributed by atoms with Crippen LogP contribution in [0.5, 0.6) is 0 Å². The summed E-state index contributed by atoms with van der Waals surface area (Å²) in [5.41, 5.74) is -0.350. The van der Waals surface area contributed by atoms with Crippen LogP contribution in [0, 0.1) is 0 Å². The van der Waals surface area contributed by atoms with Crippen molar-refractivity contribution in [1.82, 2.24) is 0 Å². The van der Waals surface area contributed by atoms with Gasteiger partial charge < -0.3 is 0 Å². The lowest BCUT2D eigenvalue weighted by atomic mass is 10.4. The van der Waals surface area contributed by atoms with E-state index in [1.807, 2.05) is 60.7 Å². The van der Waals surface area contributed by atoms with Crippen molar-refractivity contribution in [3.05, 3.63) is 60.7 Å². The summed E-state index contributed by atoms with van der Waals surface area (Å²) in [5, 5.41) is 1.82. The van der Waals surface area contributed by atoms with Gasteiger partial charge in [-0.1, -0.05) is 60.7 Å². The number of hydrogen-bond donors (Lipinski definition) is 0. The molecule has 0 aliphatic carbocycles. The Kier molecular flexibility index (Phi) is 3.79. The van der Waals surface area contributed by atoms with E-state index in [1.165, 1.54) is 0 Å². The van der Waals surface area contributed by atoms with Crippen molar-refractivity contribution in [3.8, 4) is 0 Å². The Bertz CT molecular complexity index is 469. The summed E-state index contributed by atoms with van der Waals surface area (Å²) in [6, 6.07) is 18.9. The second-order valence-electron chi connectivity index (χ2n) is 3.46. The monoisotopic (exact) mass is 242 g/mol. The van der Waals surface area contributed by atoms with Crippen molar-refractivity contribution in [2.45, 2.75) is 0 Å². The Balaban J connectivity index is 2.47. The van der Waals surface area contributed by atoms with Gasteiger partial charge in [0.05, 0.1) is 0 Å². The van der Waals surface area contributed by atoms with Gasteiger partial charge >= 0.3 is 0 Å². The minimum Gasteiger partial charge on any atom is -0.294 e. The molecule has 84 valence electrons. The van der Waals surface area contributed by atoms with Crippen LogP contribution < -0.4 is 10.6 Å². The quantitative estimate of drug-likeness (QED) is 0.466. The van der Waals surface area contributed by atoms with Crippen molar-refractivity contribution >= 4 is 30.3 Å². The highest BCUT2D eigenvalue weighted by Gasteiger charge is 2.21. The number of carbonyl (C=O) groups excluding carboxylic acids is 2. The zero-order valence-corrected chi connectivity index (χ0v) is 10.0. The minimum absolute atomic E-state index is 0.350. The molecule has 0 aromatic heterocycles. The third kappa shape index (κ3) is 2.66. The average molecular weight is 242 g/mol. The molecule has 3 heteroatoms. The molecule has 2 aromatic rings. The van der Waals surface area contributed by atoms with Crippen LogP contribution in [-0.4, -0.2) is 11.8 Å². The van der Waals surface area contributed by atoms with Crippen molar-refractivity contribution < 1.29 is 9.59 Å². The zero-order valence-electron chi connectivity index (χ0n) is 9.11. The Hall–Kier alpha value is -1.79. The van der Waals surface area contributed by atoms with Gasteiger partial charge in [-0.15, -0.1) is 0 Å². The van der Waals surface area contributed by atoms with Gasteiger partial charge in [0.1, 0.15) is 0 Å². The van der Waals surface area contributed by atoms with Crippen LogP contribution in [0.4, 0.5) is 0 Å². The van der Waals surface area contributed by atoms with E-state index < -0.39 is 7.92 Å². The molecule has 0 N–H and O–H groups in total. The first-order valence-electron chi connectivity index (χ1n) is 5.22. The molecule has 0 amide bonds. The summed E-state index contributed by atoms with van der Waals surface area (Å²) < 4.78 is 0. The van der Waals surface area contributed by atoms with Crippen molar-refractivity contribution in [3.63, 3.8) is 0 Å². The summed E-state index contributed by atoms with van der Waals surface area (Å²) in [5.74, 6) is 0. The van der Waals surface area contributed by atoms with Crippen LogP contribution in [0.1, 0.15) is 0 Å². The van der Waals surface area contributed by atoms with E-state index in [-0.39, 0.29) is 5.52 Å². The van der Waals surface area contributed by atoms with E-state index in [0.29, 0.717) is 6.29 Å². The fourth-order valence-corrected chi connectivity index (χ4v) is 3.46. The Morgan fingerprint density at radius 3 is 1.59 bits per heavy atom. The van der Waals surface area contributed by atoms with Crippen LogP contribution in [-0.2, 0) is 9.59 Å². The van der Waals surface area contributed by atoms with E-state index in [4.69, 9.17) is 0 Å². The summed E-state index contributed by atoms with van der Waals surface area (Å²) in [4.78, 5) is 22.5. The van der Waals surface area contributed by atoms with Gasteiger partial charge in [0.15, 0.2) is 6.29 Å². The summed E-state index contributed by atoms with van der Waals surface area (Å²) in [7, 11) is -1.22. The summed E-state index contributed by atoms with van der Waals surface area (Å²) in [6.07, 6.45) is 0.422. The fraction of sp³-hybridized carbons (Fsp3) is 0. The fourth-order valence-electron chi connectivity index (χ4n) is 1.61. The highest BCUT2D eigenvalue weighted by atomic mass is 31.1. The Morgan fingerprint density at radius 2 is 1.24 bits per heavy atom. The average Bonchev–Trinajstić information content (AvgIpc) is 2.41. The molecule has 0 atom stereocenters. The molecule has 0 radical (unpaired) electrons. The van der Waals surface area contributed by atoms with Gasteiger partial charge in [0.25, 0.3) is 0 Å². The SMILES string of the molecule is O=CC(=O)P(c1ccccc1)c1ccccc1. The predicted octanol–water partition coefficient (Wildman–Crippen LogP) is 1.84. The van der Waals surface area contributed by atoms with Crippen molar-refractivity contribution in [2.24, 2.45) is 0 Å². The molecule has 17 heavy (non-hydrogen) atoms. The molecular weight excluding hydrogens is 231 g/mol. The maximum absolute atomic E-state index is 11.8. The molecule has 0 saturated carbocycles. The van der Waals surface area contributed by atoms with Crippen LogP contribution in [0.15, 0.2) is 60.7 Å². The first kappa shape index (κ1) is 11.7. The van der Waals surface area contributed by atoms with Gasteiger partial charge in [0.2, 0.25) is 5.52 Å². The van der Waals surface area contributed by atoms with Crippen LogP contribution in [0.3, 0.4) is 0 Å². The molecule has 0 fully saturated rings. The van der Waals surface area contributed by atoms with Gasteiger partial charge in [-0.25, -0.2) is 0 Å². The maximum Gasteiger partial charge on any atom is 0.225 e. The molecule has 0 bridgehead atoms. The summed E-state index contributed by atoms with van der Waals surface area (Å²) in [6.45, 7) is 0. The predicted molar refractivity (Wildman–Crippen MR) is 70.1 cm³/mol. The molecule has 0 saturated heterocycles. The molecule has 0 heterocycles. The molecular formula is C14H11O2P. The maximum atomic E-state index is 11.8. The number of aldehydes is 1. The lowest BCUT2D eigenvalue weighted by molar-refractivity contribution is -0.124. The van der Waals surface area contributed by atoms with Gasteiger partial charge in [-0.3, -0.25) is 9.59 Å². The number of benzene rings is 2. The Labute approximate surface area is 101 Å². The third-order valence-electron chi connectivity index (χ3n) is 2.35. The standard InChI is InChI=1S/C14H11O2P/c15-11-14(16)17(12-7-3-1-4-8-12)13-9-5-2-6-10-13/h1-11H. The first-order chi connectivity index (χ1) is 8.33. The topological polar surface area (TPSA) is 34.1 Å². The number of carbonyl (C=O) groups is 2. The Morgan fingerprint density at radius 1 is 0.824 bits per heavy atom. The van der Waals surface area contributed by atoms with E-state index in [2.05, 4.69) is 0 Å². The zero-order chi connectivity index (χ0) is 12.1. The van der Waals surface area contributed by atoms with Crippen molar-refractivity contribution in [1.29, 1.82) is 0 Å². The number of rotatable bonds is 4. The lowest BCUT2D eigenvalue weighted by Crippen LogP contribution is -2.18. The second-order valence-corrected chi connectivity index (χ2v) is 5.61. The lowest BCUT2D eigenvalue weighted by Gasteiger charge is -2.13. The number of hydrogen-bond acceptors (Lipinski definition) is 2. The third-order valence-corrected chi connectivity index (χ3v) is 4.53.